The van der Waals surface area contributed by atoms with E-state index < -0.39 is 15.4 Å². The lowest BCUT2D eigenvalue weighted by molar-refractivity contribution is -0.128. The maximum Gasteiger partial charge on any atom is 0.255 e. The van der Waals surface area contributed by atoms with Crippen molar-refractivity contribution in [2.45, 2.75) is 40.0 Å². The van der Waals surface area contributed by atoms with E-state index in [2.05, 4.69) is 10.5 Å². The van der Waals surface area contributed by atoms with E-state index in [0.717, 1.165) is 17.5 Å². The molecule has 5 nitrogen and oxygen atoms in total. The average Bonchev–Trinajstić information content (AvgIpc) is 3.26. The van der Waals surface area contributed by atoms with Gasteiger partial charge in [-0.3, -0.25) is 4.79 Å². The number of fused-ring (bicyclic) bond motifs is 2. The van der Waals surface area contributed by atoms with Crippen LogP contribution in [0.1, 0.15) is 44.2 Å². The lowest BCUT2D eigenvalue weighted by Gasteiger charge is -2.35. The standard InChI is InChI=1S/C23H24N2O3S2/c1-15-6-4-5-7-17(15)18(13-24)19-8-9-21(29-19)25-30(27,28)14-23-11-10-16(12-20(23)26)22(23,2)3/h4-9,16H,10-12,14H2,1-3H3/b19-18+,25-21?. The Labute approximate surface area is 182 Å². The number of thioether (sulfide) groups is 1. The van der Waals surface area contributed by atoms with Gasteiger partial charge < -0.3 is 0 Å². The van der Waals surface area contributed by atoms with Gasteiger partial charge in [-0.1, -0.05) is 49.9 Å². The fraction of sp³-hybridized carbons (Fsp3) is 0.435. The van der Waals surface area contributed by atoms with Crippen molar-refractivity contribution in [2.75, 3.05) is 5.75 Å². The number of hydrogen-bond donors (Lipinski definition) is 0. The predicted octanol–water partition coefficient (Wildman–Crippen LogP) is 4.66. The van der Waals surface area contributed by atoms with E-state index in [1.165, 1.54) is 11.8 Å². The smallest absolute Gasteiger partial charge is 0.255 e. The fourth-order valence-corrected chi connectivity index (χ4v) is 8.15. The van der Waals surface area contributed by atoms with Gasteiger partial charge in [-0.2, -0.15) is 9.66 Å². The van der Waals surface area contributed by atoms with Crippen molar-refractivity contribution in [3.8, 4) is 6.07 Å². The van der Waals surface area contributed by atoms with Crippen LogP contribution in [0.4, 0.5) is 0 Å². The molecule has 156 valence electrons. The summed E-state index contributed by atoms with van der Waals surface area (Å²) in [5, 5.41) is 10.0. The topological polar surface area (TPSA) is 87.4 Å². The van der Waals surface area contributed by atoms with E-state index in [1.54, 1.807) is 12.2 Å². The van der Waals surface area contributed by atoms with E-state index in [9.17, 15) is 18.5 Å². The van der Waals surface area contributed by atoms with Crippen LogP contribution in [0.3, 0.4) is 0 Å². The highest BCUT2D eigenvalue weighted by Gasteiger charge is 2.65. The van der Waals surface area contributed by atoms with E-state index >= 15 is 0 Å². The lowest BCUT2D eigenvalue weighted by Crippen LogP contribution is -2.41. The van der Waals surface area contributed by atoms with Crippen molar-refractivity contribution in [3.63, 3.8) is 0 Å². The molecule has 0 N–H and O–H groups in total. The third-order valence-corrected chi connectivity index (χ3v) is 9.61. The van der Waals surface area contributed by atoms with Crippen molar-refractivity contribution in [2.24, 2.45) is 21.1 Å². The summed E-state index contributed by atoms with van der Waals surface area (Å²) in [5.41, 5.74) is 1.16. The molecule has 0 aromatic heterocycles. The Bertz CT molecular complexity index is 1170. The summed E-state index contributed by atoms with van der Waals surface area (Å²) < 4.78 is 30.0. The number of rotatable bonds is 4. The zero-order chi connectivity index (χ0) is 21.7. The van der Waals surface area contributed by atoms with E-state index in [-0.39, 0.29) is 22.9 Å². The quantitative estimate of drug-likeness (QED) is 0.636. The van der Waals surface area contributed by atoms with Gasteiger partial charge in [0.05, 0.1) is 16.7 Å². The molecule has 7 heteroatoms. The molecule has 2 atom stereocenters. The Morgan fingerprint density at radius 3 is 2.63 bits per heavy atom. The summed E-state index contributed by atoms with van der Waals surface area (Å²) in [6.07, 6.45) is 5.35. The maximum absolute atomic E-state index is 13.0. The minimum atomic E-state index is -3.84. The molecule has 1 heterocycles. The molecule has 3 aliphatic rings. The van der Waals surface area contributed by atoms with E-state index in [4.69, 9.17) is 0 Å². The number of carbonyl (C=O) groups excluding carboxylic acids is 1. The highest BCUT2D eigenvalue weighted by Crippen LogP contribution is 2.64. The number of Topliss-reactive ketones (excluding diaryl/α,β-unsaturated/α-hetero) is 1. The molecule has 0 saturated heterocycles. The van der Waals surface area contributed by atoms with Gasteiger partial charge in [-0.15, -0.1) is 0 Å². The van der Waals surface area contributed by atoms with E-state index in [0.29, 0.717) is 28.4 Å². The number of nitrogens with zero attached hydrogens (tertiary/aromatic N) is 2. The first-order chi connectivity index (χ1) is 14.1. The Morgan fingerprint density at radius 1 is 1.30 bits per heavy atom. The van der Waals surface area contributed by atoms with Crippen LogP contribution in [0.2, 0.25) is 0 Å². The largest absolute Gasteiger partial charge is 0.299 e. The summed E-state index contributed by atoms with van der Waals surface area (Å²) in [4.78, 5) is 13.4. The SMILES string of the molecule is Cc1ccccc1/C(C#N)=C1\C=CC(=NS(=O)(=O)CC23CCC(CC2=O)C3(C)C)S1. The Morgan fingerprint density at radius 2 is 2.03 bits per heavy atom. The van der Waals surface area contributed by atoms with Crippen LogP contribution in [0.5, 0.6) is 0 Å². The summed E-state index contributed by atoms with van der Waals surface area (Å²) in [5.74, 6) is 0.0897. The van der Waals surface area contributed by atoms with Crippen molar-refractivity contribution >= 4 is 38.2 Å². The molecule has 1 aromatic carbocycles. The van der Waals surface area contributed by atoms with Crippen LogP contribution in [0, 0.1) is 35.0 Å². The zero-order valence-corrected chi connectivity index (χ0v) is 18.9. The number of carbonyl (C=O) groups is 1. The number of sulfonamides is 1. The molecule has 2 fully saturated rings. The number of hydrogen-bond acceptors (Lipinski definition) is 5. The van der Waals surface area contributed by atoms with Gasteiger partial charge in [0.15, 0.2) is 0 Å². The molecule has 0 radical (unpaired) electrons. The molecule has 2 saturated carbocycles. The van der Waals surface area contributed by atoms with Gasteiger partial charge in [-0.25, -0.2) is 8.42 Å². The predicted molar refractivity (Wildman–Crippen MR) is 120 cm³/mol. The third kappa shape index (κ3) is 3.27. The summed E-state index contributed by atoms with van der Waals surface area (Å²) in [7, 11) is -3.84. The Balaban J connectivity index is 1.61. The molecule has 4 rings (SSSR count). The zero-order valence-electron chi connectivity index (χ0n) is 17.3. The molecule has 2 aliphatic carbocycles. The second kappa shape index (κ2) is 7.21. The molecular weight excluding hydrogens is 416 g/mol. The van der Waals surface area contributed by atoms with Crippen LogP contribution >= 0.6 is 11.8 Å². The van der Waals surface area contributed by atoms with Crippen LogP contribution in [-0.2, 0) is 14.8 Å². The first kappa shape index (κ1) is 21.1. The van der Waals surface area contributed by atoms with Crippen LogP contribution < -0.4 is 0 Å². The summed E-state index contributed by atoms with van der Waals surface area (Å²) >= 11 is 1.18. The number of ketones is 1. The van der Waals surface area contributed by atoms with Crippen molar-refractivity contribution in [3.05, 3.63) is 52.4 Å². The maximum atomic E-state index is 13.0. The van der Waals surface area contributed by atoms with Gasteiger partial charge in [0.1, 0.15) is 16.9 Å². The van der Waals surface area contributed by atoms with E-state index in [1.807, 2.05) is 45.0 Å². The molecule has 1 aromatic rings. The second-order valence-corrected chi connectivity index (χ2v) is 11.6. The van der Waals surface area contributed by atoms with Gasteiger partial charge in [0.2, 0.25) is 0 Å². The van der Waals surface area contributed by atoms with Crippen LogP contribution in [0.25, 0.3) is 5.57 Å². The first-order valence-electron chi connectivity index (χ1n) is 10.0. The molecular formula is C23H24N2O3S2. The summed E-state index contributed by atoms with van der Waals surface area (Å²) in [6.45, 7) is 5.97. The van der Waals surface area contributed by atoms with Crippen molar-refractivity contribution < 1.29 is 13.2 Å². The average molecular weight is 441 g/mol. The monoisotopic (exact) mass is 440 g/mol. The van der Waals surface area contributed by atoms with Crippen LogP contribution in [0.15, 0.2) is 45.7 Å². The van der Waals surface area contributed by atoms with Gasteiger partial charge >= 0.3 is 0 Å². The van der Waals surface area contributed by atoms with Crippen LogP contribution in [-0.4, -0.2) is 25.0 Å². The first-order valence-corrected chi connectivity index (χ1v) is 12.4. The number of allylic oxidation sites excluding steroid dienone is 2. The molecule has 2 unspecified atom stereocenters. The molecule has 0 amide bonds. The molecule has 0 spiro atoms. The van der Waals surface area contributed by atoms with Crippen molar-refractivity contribution in [1.82, 2.24) is 0 Å². The highest BCUT2D eigenvalue weighted by molar-refractivity contribution is 8.18. The number of aryl methyl sites for hydroxylation is 1. The number of nitriles is 1. The normalized spacial score (nSPS) is 30.1. The fourth-order valence-electron chi connectivity index (χ4n) is 5.20. The van der Waals surface area contributed by atoms with Gasteiger partial charge in [0.25, 0.3) is 10.0 Å². The number of benzene rings is 1. The molecule has 1 aliphatic heterocycles. The Kier molecular flexibility index (Phi) is 5.06. The van der Waals surface area contributed by atoms with Gasteiger partial charge in [-0.05, 0) is 54.4 Å². The van der Waals surface area contributed by atoms with Gasteiger partial charge in [0, 0.05) is 11.3 Å². The molecule has 2 bridgehead atoms. The highest BCUT2D eigenvalue weighted by atomic mass is 32.2. The second-order valence-electron chi connectivity index (χ2n) is 8.92. The minimum Gasteiger partial charge on any atom is -0.299 e. The molecule has 30 heavy (non-hydrogen) atoms. The summed E-state index contributed by atoms with van der Waals surface area (Å²) in [6, 6.07) is 9.84. The Hall–Kier alpha value is -2.17. The minimum absolute atomic E-state index is 0.0639. The third-order valence-electron chi connectivity index (χ3n) is 7.16. The van der Waals surface area contributed by atoms with Crippen molar-refractivity contribution in [1.29, 1.82) is 5.26 Å². The lowest BCUT2D eigenvalue weighted by atomic mass is 9.70.